The van der Waals surface area contributed by atoms with E-state index in [0.29, 0.717) is 79.3 Å². The fourth-order valence-electron chi connectivity index (χ4n) is 3.12. The third-order valence-electron chi connectivity index (χ3n) is 4.84. The van der Waals surface area contributed by atoms with Gasteiger partial charge in [-0.1, -0.05) is 51.9 Å². The highest BCUT2D eigenvalue weighted by Crippen LogP contribution is 2.12. The third kappa shape index (κ3) is 19.7. The van der Waals surface area contributed by atoms with Crippen molar-refractivity contribution >= 4 is 0 Å². The van der Waals surface area contributed by atoms with Crippen LogP contribution in [0, 0.1) is 0 Å². The Bertz CT molecular complexity index is 308. The summed E-state index contributed by atoms with van der Waals surface area (Å²) in [5.74, 6) is 0. The van der Waals surface area contributed by atoms with Gasteiger partial charge < -0.3 is 33.2 Å². The quantitative estimate of drug-likeness (QED) is 0.509. The van der Waals surface area contributed by atoms with Crippen molar-refractivity contribution in [3.63, 3.8) is 0 Å². The normalized spacial score (nSPS) is 20.7. The fourth-order valence-corrected chi connectivity index (χ4v) is 3.12. The van der Waals surface area contributed by atoms with Crippen LogP contribution in [0.1, 0.15) is 64.7 Å². The average Bonchev–Trinajstić information content (AvgIpc) is 2.75. The van der Waals surface area contributed by atoms with Crippen molar-refractivity contribution in [2.75, 3.05) is 79.3 Å². The molecule has 30 heavy (non-hydrogen) atoms. The molecule has 7 heteroatoms. The molecule has 0 aliphatic carbocycles. The van der Waals surface area contributed by atoms with Gasteiger partial charge in [-0.2, -0.15) is 0 Å². The highest BCUT2D eigenvalue weighted by atomic mass is 16.7. The van der Waals surface area contributed by atoms with Crippen LogP contribution in [-0.4, -0.2) is 85.6 Å². The van der Waals surface area contributed by atoms with E-state index in [2.05, 4.69) is 6.92 Å². The summed E-state index contributed by atoms with van der Waals surface area (Å²) < 4.78 is 39.3. The van der Waals surface area contributed by atoms with Gasteiger partial charge in [0.25, 0.3) is 0 Å². The van der Waals surface area contributed by atoms with Crippen LogP contribution in [0.3, 0.4) is 0 Å². The number of ether oxygens (including phenoxy) is 7. The largest absolute Gasteiger partial charge is 0.377 e. The summed E-state index contributed by atoms with van der Waals surface area (Å²) in [6.45, 7) is 8.93. The second-order valence-corrected chi connectivity index (χ2v) is 7.50. The van der Waals surface area contributed by atoms with Gasteiger partial charge in [-0.25, -0.2) is 0 Å². The standard InChI is InChI=1S/C23H46O7/c1-2-3-4-5-6-7-8-9-10-23-29-21-19-27-17-15-25-13-11-24-12-14-26-16-18-28-20-22-30-23/h23H,2-22H2,1H3. The van der Waals surface area contributed by atoms with Gasteiger partial charge in [0.15, 0.2) is 6.29 Å². The van der Waals surface area contributed by atoms with Crippen LogP contribution in [0.25, 0.3) is 0 Å². The summed E-state index contributed by atoms with van der Waals surface area (Å²) in [4.78, 5) is 0. The van der Waals surface area contributed by atoms with Crippen LogP contribution in [0.15, 0.2) is 0 Å². The summed E-state index contributed by atoms with van der Waals surface area (Å²) in [6, 6.07) is 0. The molecule has 0 aromatic carbocycles. The minimum Gasteiger partial charge on any atom is -0.377 e. The van der Waals surface area contributed by atoms with Gasteiger partial charge in [0.1, 0.15) is 0 Å². The molecule has 0 unspecified atom stereocenters. The van der Waals surface area contributed by atoms with E-state index in [1.54, 1.807) is 0 Å². The molecule has 1 saturated heterocycles. The zero-order chi connectivity index (χ0) is 21.4. The number of hydrogen-bond donors (Lipinski definition) is 0. The molecule has 1 fully saturated rings. The molecule has 1 aliphatic rings. The van der Waals surface area contributed by atoms with Crippen molar-refractivity contribution < 1.29 is 33.2 Å². The Morgan fingerprint density at radius 3 is 1.17 bits per heavy atom. The van der Waals surface area contributed by atoms with Crippen molar-refractivity contribution in [1.29, 1.82) is 0 Å². The van der Waals surface area contributed by atoms with Crippen molar-refractivity contribution in [2.45, 2.75) is 71.0 Å². The van der Waals surface area contributed by atoms with Crippen LogP contribution in [0.5, 0.6) is 0 Å². The molecule has 1 aliphatic heterocycles. The van der Waals surface area contributed by atoms with Gasteiger partial charge in [-0.05, 0) is 12.8 Å². The first-order valence-electron chi connectivity index (χ1n) is 12.1. The number of hydrogen-bond acceptors (Lipinski definition) is 7. The molecule has 0 radical (unpaired) electrons. The molecule has 0 saturated carbocycles. The average molecular weight is 435 g/mol. The van der Waals surface area contributed by atoms with Gasteiger partial charge in [0.2, 0.25) is 0 Å². The molecule has 1 heterocycles. The second-order valence-electron chi connectivity index (χ2n) is 7.50. The molecular weight excluding hydrogens is 388 g/mol. The van der Waals surface area contributed by atoms with Crippen LogP contribution in [0.4, 0.5) is 0 Å². The van der Waals surface area contributed by atoms with E-state index < -0.39 is 0 Å². The maximum atomic E-state index is 5.90. The Kier molecular flexibility index (Phi) is 21.6. The first-order chi connectivity index (χ1) is 14.9. The lowest BCUT2D eigenvalue weighted by molar-refractivity contribution is -0.163. The highest BCUT2D eigenvalue weighted by Gasteiger charge is 2.09. The minimum atomic E-state index is -0.187. The Morgan fingerprint density at radius 1 is 0.433 bits per heavy atom. The van der Waals surface area contributed by atoms with Gasteiger partial charge in [0, 0.05) is 0 Å². The van der Waals surface area contributed by atoms with Crippen LogP contribution >= 0.6 is 0 Å². The number of unbranched alkanes of at least 4 members (excludes halogenated alkanes) is 7. The van der Waals surface area contributed by atoms with E-state index in [1.165, 1.54) is 44.9 Å². The smallest absolute Gasteiger partial charge is 0.157 e. The molecule has 7 nitrogen and oxygen atoms in total. The second kappa shape index (κ2) is 23.4. The summed E-state index contributed by atoms with van der Waals surface area (Å²) >= 11 is 0. The van der Waals surface area contributed by atoms with E-state index in [0.717, 1.165) is 12.8 Å². The summed E-state index contributed by atoms with van der Waals surface area (Å²) in [6.07, 6.45) is 11.1. The van der Waals surface area contributed by atoms with E-state index >= 15 is 0 Å². The Hall–Kier alpha value is -0.280. The van der Waals surface area contributed by atoms with Crippen LogP contribution < -0.4 is 0 Å². The van der Waals surface area contributed by atoms with Crippen molar-refractivity contribution in [2.24, 2.45) is 0 Å². The molecule has 1 rings (SSSR count). The van der Waals surface area contributed by atoms with Gasteiger partial charge >= 0.3 is 0 Å². The molecule has 0 N–H and O–H groups in total. The molecule has 0 atom stereocenters. The molecule has 0 bridgehead atoms. The molecule has 0 amide bonds. The maximum Gasteiger partial charge on any atom is 0.157 e. The van der Waals surface area contributed by atoms with Crippen LogP contribution in [0.2, 0.25) is 0 Å². The van der Waals surface area contributed by atoms with Crippen LogP contribution in [-0.2, 0) is 33.2 Å². The Balaban J connectivity index is 2.17. The first kappa shape index (κ1) is 27.8. The van der Waals surface area contributed by atoms with Crippen molar-refractivity contribution in [1.82, 2.24) is 0 Å². The lowest BCUT2D eigenvalue weighted by Crippen LogP contribution is -2.23. The monoisotopic (exact) mass is 434 g/mol. The minimum absolute atomic E-state index is 0.187. The van der Waals surface area contributed by atoms with E-state index in [4.69, 9.17) is 33.2 Å². The van der Waals surface area contributed by atoms with Gasteiger partial charge in [-0.15, -0.1) is 0 Å². The van der Waals surface area contributed by atoms with E-state index in [1.807, 2.05) is 0 Å². The zero-order valence-electron chi connectivity index (χ0n) is 19.3. The molecular formula is C23H46O7. The molecule has 0 spiro atoms. The third-order valence-corrected chi connectivity index (χ3v) is 4.84. The van der Waals surface area contributed by atoms with Gasteiger partial charge in [-0.3, -0.25) is 0 Å². The van der Waals surface area contributed by atoms with Gasteiger partial charge in [0.05, 0.1) is 79.3 Å². The predicted octanol–water partition coefficient (Wildman–Crippen LogP) is 3.97. The Labute approximate surface area is 184 Å². The highest BCUT2D eigenvalue weighted by molar-refractivity contribution is 4.51. The van der Waals surface area contributed by atoms with Crippen molar-refractivity contribution in [3.05, 3.63) is 0 Å². The molecule has 0 aromatic rings. The van der Waals surface area contributed by atoms with E-state index in [-0.39, 0.29) is 6.29 Å². The summed E-state index contributed by atoms with van der Waals surface area (Å²) in [5.41, 5.74) is 0. The summed E-state index contributed by atoms with van der Waals surface area (Å²) in [5, 5.41) is 0. The maximum absolute atomic E-state index is 5.90. The fraction of sp³-hybridized carbons (Fsp3) is 1.00. The lowest BCUT2D eigenvalue weighted by atomic mass is 10.1. The van der Waals surface area contributed by atoms with Crippen molar-refractivity contribution in [3.8, 4) is 0 Å². The zero-order valence-corrected chi connectivity index (χ0v) is 19.3. The number of rotatable bonds is 9. The Morgan fingerprint density at radius 2 is 0.767 bits per heavy atom. The first-order valence-corrected chi connectivity index (χ1v) is 12.1. The predicted molar refractivity (Wildman–Crippen MR) is 117 cm³/mol. The topological polar surface area (TPSA) is 64.6 Å². The lowest BCUT2D eigenvalue weighted by Gasteiger charge is -2.19. The van der Waals surface area contributed by atoms with E-state index in [9.17, 15) is 0 Å². The molecule has 0 aromatic heterocycles. The summed E-state index contributed by atoms with van der Waals surface area (Å²) in [7, 11) is 0. The SMILES string of the molecule is CCCCCCCCCCC1OCCOCCOCCOCCOCCOCCO1. The molecule has 180 valence electrons.